The molecule has 3 atom stereocenters. The molecular weight excluding hydrogens is 212 g/mol. The quantitative estimate of drug-likeness (QED) is 0.791. The molecule has 2 aliphatic carbocycles. The lowest BCUT2D eigenvalue weighted by Crippen LogP contribution is -2.41. The smallest absolute Gasteiger partial charge is 0.0631 e. The highest BCUT2D eigenvalue weighted by molar-refractivity contribution is 4.91. The normalized spacial score (nSPS) is 39.2. The maximum absolute atomic E-state index is 6.26. The van der Waals surface area contributed by atoms with Gasteiger partial charge in [-0.3, -0.25) is 10.9 Å². The SMILES string of the molecule is C1CCC(COC2CCCC3NNCC32)CC1. The summed E-state index contributed by atoms with van der Waals surface area (Å²) < 4.78 is 6.26. The zero-order chi connectivity index (χ0) is 11.5. The molecule has 2 N–H and O–H groups in total. The van der Waals surface area contributed by atoms with Crippen molar-refractivity contribution in [2.45, 2.75) is 63.5 Å². The number of hydrogen-bond acceptors (Lipinski definition) is 3. The number of hydrogen-bond donors (Lipinski definition) is 2. The van der Waals surface area contributed by atoms with Gasteiger partial charge < -0.3 is 4.74 Å². The molecule has 0 bridgehead atoms. The van der Waals surface area contributed by atoms with Gasteiger partial charge in [-0.1, -0.05) is 19.3 Å². The minimum atomic E-state index is 0.512. The first-order valence-electron chi connectivity index (χ1n) is 7.53. The summed E-state index contributed by atoms with van der Waals surface area (Å²) >= 11 is 0. The lowest BCUT2D eigenvalue weighted by Gasteiger charge is -2.34. The third kappa shape index (κ3) is 2.83. The van der Waals surface area contributed by atoms with Crippen LogP contribution in [0.1, 0.15) is 51.4 Å². The first-order valence-corrected chi connectivity index (χ1v) is 7.53. The van der Waals surface area contributed by atoms with E-state index in [1.165, 1.54) is 51.4 Å². The third-order valence-corrected chi connectivity index (χ3v) is 4.89. The topological polar surface area (TPSA) is 33.3 Å². The Bertz CT molecular complexity index is 240. The van der Waals surface area contributed by atoms with Gasteiger partial charge in [0.25, 0.3) is 0 Å². The van der Waals surface area contributed by atoms with Crippen molar-refractivity contribution >= 4 is 0 Å². The van der Waals surface area contributed by atoms with Crippen LogP contribution in [-0.2, 0) is 4.74 Å². The summed E-state index contributed by atoms with van der Waals surface area (Å²) in [4.78, 5) is 0. The van der Waals surface area contributed by atoms with E-state index in [1.807, 2.05) is 0 Å². The number of nitrogens with one attached hydrogen (secondary N) is 2. The Kier molecular flexibility index (Phi) is 3.99. The standard InChI is InChI=1S/C14H26N2O/c1-2-5-11(6-3-1)10-17-14-8-4-7-13-12(14)9-15-16-13/h11-16H,1-10H2. The van der Waals surface area contributed by atoms with E-state index >= 15 is 0 Å². The molecule has 3 nitrogen and oxygen atoms in total. The molecule has 0 radical (unpaired) electrons. The molecule has 2 saturated carbocycles. The van der Waals surface area contributed by atoms with Crippen molar-refractivity contribution < 1.29 is 4.74 Å². The van der Waals surface area contributed by atoms with Gasteiger partial charge >= 0.3 is 0 Å². The highest BCUT2D eigenvalue weighted by Crippen LogP contribution is 2.31. The van der Waals surface area contributed by atoms with Gasteiger partial charge in [-0.15, -0.1) is 0 Å². The van der Waals surface area contributed by atoms with Gasteiger partial charge in [0.05, 0.1) is 6.10 Å². The Morgan fingerprint density at radius 1 is 0.941 bits per heavy atom. The van der Waals surface area contributed by atoms with Gasteiger partial charge in [-0.25, -0.2) is 0 Å². The Morgan fingerprint density at radius 3 is 2.71 bits per heavy atom. The van der Waals surface area contributed by atoms with Crippen LogP contribution in [-0.4, -0.2) is 25.3 Å². The lowest BCUT2D eigenvalue weighted by molar-refractivity contribution is -0.0304. The van der Waals surface area contributed by atoms with Crippen molar-refractivity contribution in [2.75, 3.05) is 13.2 Å². The van der Waals surface area contributed by atoms with Crippen molar-refractivity contribution in [3.63, 3.8) is 0 Å². The second-order valence-electron chi connectivity index (χ2n) is 6.10. The van der Waals surface area contributed by atoms with Crippen LogP contribution < -0.4 is 10.9 Å². The molecule has 0 aromatic rings. The maximum atomic E-state index is 6.26. The fraction of sp³-hybridized carbons (Fsp3) is 1.00. The second kappa shape index (κ2) is 5.68. The Morgan fingerprint density at radius 2 is 1.82 bits per heavy atom. The maximum Gasteiger partial charge on any atom is 0.0631 e. The molecule has 1 saturated heterocycles. The molecule has 17 heavy (non-hydrogen) atoms. The molecular formula is C14H26N2O. The Balaban J connectivity index is 1.47. The van der Waals surface area contributed by atoms with Crippen LogP contribution in [0.25, 0.3) is 0 Å². The molecule has 3 unspecified atom stereocenters. The van der Waals surface area contributed by atoms with Crippen LogP contribution >= 0.6 is 0 Å². The van der Waals surface area contributed by atoms with E-state index in [0.717, 1.165) is 19.1 Å². The first-order chi connectivity index (χ1) is 8.43. The fourth-order valence-corrected chi connectivity index (χ4v) is 3.81. The summed E-state index contributed by atoms with van der Waals surface area (Å²) in [6.07, 6.45) is 11.5. The largest absolute Gasteiger partial charge is 0.378 e. The van der Waals surface area contributed by atoms with E-state index in [4.69, 9.17) is 4.74 Å². The number of fused-ring (bicyclic) bond motifs is 1. The van der Waals surface area contributed by atoms with E-state index in [1.54, 1.807) is 0 Å². The Hall–Kier alpha value is -0.120. The number of ether oxygens (including phenoxy) is 1. The summed E-state index contributed by atoms with van der Waals surface area (Å²) in [5.74, 6) is 1.57. The number of rotatable bonds is 3. The molecule has 0 aromatic heterocycles. The highest BCUT2D eigenvalue weighted by atomic mass is 16.5. The minimum absolute atomic E-state index is 0.512. The summed E-state index contributed by atoms with van der Waals surface area (Å²) in [6.45, 7) is 2.12. The van der Waals surface area contributed by atoms with E-state index in [9.17, 15) is 0 Å². The molecule has 0 aromatic carbocycles. The van der Waals surface area contributed by atoms with Crippen LogP contribution in [0, 0.1) is 11.8 Å². The zero-order valence-corrected chi connectivity index (χ0v) is 10.8. The van der Waals surface area contributed by atoms with Gasteiger partial charge in [-0.2, -0.15) is 0 Å². The molecule has 98 valence electrons. The molecule has 1 aliphatic heterocycles. The van der Waals surface area contributed by atoms with Crippen molar-refractivity contribution in [1.82, 2.24) is 10.9 Å². The molecule has 3 fully saturated rings. The molecule has 0 amide bonds. The van der Waals surface area contributed by atoms with E-state index in [-0.39, 0.29) is 0 Å². The second-order valence-corrected chi connectivity index (χ2v) is 6.10. The predicted octanol–water partition coefficient (Wildman–Crippen LogP) is 2.23. The summed E-state index contributed by atoms with van der Waals surface area (Å²) in [6, 6.07) is 0.667. The predicted molar refractivity (Wildman–Crippen MR) is 68.6 cm³/mol. The third-order valence-electron chi connectivity index (χ3n) is 4.89. The summed E-state index contributed by atoms with van der Waals surface area (Å²) in [7, 11) is 0. The summed E-state index contributed by atoms with van der Waals surface area (Å²) in [5.41, 5.74) is 6.70. The van der Waals surface area contributed by atoms with Crippen LogP contribution in [0.2, 0.25) is 0 Å². The summed E-state index contributed by atoms with van der Waals surface area (Å²) in [5, 5.41) is 0. The molecule has 3 heteroatoms. The average Bonchev–Trinajstić information content (AvgIpc) is 2.86. The van der Waals surface area contributed by atoms with E-state index in [0.29, 0.717) is 18.1 Å². The fourth-order valence-electron chi connectivity index (χ4n) is 3.81. The molecule has 3 aliphatic rings. The molecule has 0 spiro atoms. The van der Waals surface area contributed by atoms with Crippen molar-refractivity contribution in [1.29, 1.82) is 0 Å². The lowest BCUT2D eigenvalue weighted by atomic mass is 9.83. The van der Waals surface area contributed by atoms with Gasteiger partial charge in [-0.05, 0) is 38.0 Å². The van der Waals surface area contributed by atoms with E-state index < -0.39 is 0 Å². The minimum Gasteiger partial charge on any atom is -0.378 e. The van der Waals surface area contributed by atoms with Crippen LogP contribution in [0.15, 0.2) is 0 Å². The Labute approximate surface area is 105 Å². The van der Waals surface area contributed by atoms with Gasteiger partial charge in [0.1, 0.15) is 0 Å². The first kappa shape index (κ1) is 11.9. The monoisotopic (exact) mass is 238 g/mol. The average molecular weight is 238 g/mol. The van der Waals surface area contributed by atoms with Crippen molar-refractivity contribution in [3.05, 3.63) is 0 Å². The van der Waals surface area contributed by atoms with Crippen LogP contribution in [0.3, 0.4) is 0 Å². The van der Waals surface area contributed by atoms with Gasteiger partial charge in [0.2, 0.25) is 0 Å². The molecule has 1 heterocycles. The van der Waals surface area contributed by atoms with E-state index in [2.05, 4.69) is 10.9 Å². The molecule has 3 rings (SSSR count). The zero-order valence-electron chi connectivity index (χ0n) is 10.8. The van der Waals surface area contributed by atoms with Gasteiger partial charge in [0, 0.05) is 25.1 Å². The highest BCUT2D eigenvalue weighted by Gasteiger charge is 2.37. The van der Waals surface area contributed by atoms with Gasteiger partial charge in [0.15, 0.2) is 0 Å². The number of hydrazine groups is 1. The van der Waals surface area contributed by atoms with Crippen LogP contribution in [0.4, 0.5) is 0 Å². The van der Waals surface area contributed by atoms with Crippen molar-refractivity contribution in [2.24, 2.45) is 11.8 Å². The van der Waals surface area contributed by atoms with Crippen molar-refractivity contribution in [3.8, 4) is 0 Å². The van der Waals surface area contributed by atoms with Crippen LogP contribution in [0.5, 0.6) is 0 Å².